The van der Waals surface area contributed by atoms with Crippen molar-refractivity contribution in [1.82, 2.24) is 10.3 Å². The van der Waals surface area contributed by atoms with E-state index in [2.05, 4.69) is 17.2 Å². The first-order valence-electron chi connectivity index (χ1n) is 6.43. The van der Waals surface area contributed by atoms with Gasteiger partial charge in [-0.05, 0) is 51.1 Å². The van der Waals surface area contributed by atoms with Gasteiger partial charge in [-0.2, -0.15) is 0 Å². The molecule has 1 aromatic carbocycles. The van der Waals surface area contributed by atoms with Crippen molar-refractivity contribution in [2.45, 2.75) is 20.3 Å². The molecule has 2 rings (SSSR count). The highest BCUT2D eigenvalue weighted by atomic mass is 16.5. The molecule has 1 heterocycles. The van der Waals surface area contributed by atoms with Gasteiger partial charge >= 0.3 is 0 Å². The second-order valence-corrected chi connectivity index (χ2v) is 4.75. The van der Waals surface area contributed by atoms with Crippen LogP contribution in [0.25, 0.3) is 10.9 Å². The fourth-order valence-corrected chi connectivity index (χ4v) is 2.53. The van der Waals surface area contributed by atoms with E-state index in [4.69, 9.17) is 4.74 Å². The van der Waals surface area contributed by atoms with Crippen LogP contribution in [-0.4, -0.2) is 25.7 Å². The van der Waals surface area contributed by atoms with Gasteiger partial charge in [0.25, 0.3) is 5.56 Å². The lowest BCUT2D eigenvalue weighted by Crippen LogP contribution is -2.20. The highest BCUT2D eigenvalue weighted by Gasteiger charge is 2.13. The smallest absolute Gasteiger partial charge is 0.252 e. The molecule has 0 fully saturated rings. The van der Waals surface area contributed by atoms with E-state index in [0.29, 0.717) is 5.75 Å². The minimum Gasteiger partial charge on any atom is -0.495 e. The molecule has 4 heteroatoms. The van der Waals surface area contributed by atoms with E-state index in [1.165, 1.54) is 0 Å². The highest BCUT2D eigenvalue weighted by Crippen LogP contribution is 2.28. The maximum absolute atomic E-state index is 12.2. The van der Waals surface area contributed by atoms with Gasteiger partial charge in [-0.25, -0.2) is 0 Å². The van der Waals surface area contributed by atoms with Gasteiger partial charge in [-0.3, -0.25) is 4.79 Å². The zero-order valence-electron chi connectivity index (χ0n) is 11.9. The number of aryl methyl sites for hydroxylation is 2. The van der Waals surface area contributed by atoms with Crippen molar-refractivity contribution in [1.29, 1.82) is 0 Å². The highest BCUT2D eigenvalue weighted by molar-refractivity contribution is 5.90. The summed E-state index contributed by atoms with van der Waals surface area (Å²) in [5.41, 5.74) is 3.81. The topological polar surface area (TPSA) is 54.1 Å². The lowest BCUT2D eigenvalue weighted by atomic mass is 9.98. The Morgan fingerprint density at radius 1 is 1.32 bits per heavy atom. The number of aromatic amines is 1. The molecule has 4 nitrogen and oxygen atoms in total. The summed E-state index contributed by atoms with van der Waals surface area (Å²) in [4.78, 5) is 15.2. The first kappa shape index (κ1) is 13.6. The number of nitrogens with one attached hydrogen (secondary N) is 2. The van der Waals surface area contributed by atoms with Gasteiger partial charge in [0.2, 0.25) is 0 Å². The number of pyridine rings is 1. The number of likely N-dealkylation sites (N-methyl/N-ethyl adjacent to an activating group) is 1. The van der Waals surface area contributed by atoms with Crippen LogP contribution in [0.1, 0.15) is 16.7 Å². The van der Waals surface area contributed by atoms with Gasteiger partial charge in [-0.15, -0.1) is 0 Å². The summed E-state index contributed by atoms with van der Waals surface area (Å²) in [7, 11) is 3.51. The first-order valence-corrected chi connectivity index (χ1v) is 6.43. The number of methoxy groups -OCH3 is 1. The maximum Gasteiger partial charge on any atom is 0.252 e. The van der Waals surface area contributed by atoms with Crippen molar-refractivity contribution in [2.24, 2.45) is 0 Å². The molecule has 0 aliphatic carbocycles. The molecule has 0 amide bonds. The van der Waals surface area contributed by atoms with Crippen LogP contribution >= 0.6 is 0 Å². The Morgan fingerprint density at radius 2 is 2.05 bits per heavy atom. The molecule has 102 valence electrons. The van der Waals surface area contributed by atoms with E-state index in [0.717, 1.165) is 40.6 Å². The summed E-state index contributed by atoms with van der Waals surface area (Å²) in [5.74, 6) is 0.709. The summed E-state index contributed by atoms with van der Waals surface area (Å²) < 4.78 is 5.33. The van der Waals surface area contributed by atoms with E-state index in [-0.39, 0.29) is 5.56 Å². The van der Waals surface area contributed by atoms with Crippen LogP contribution in [0.3, 0.4) is 0 Å². The van der Waals surface area contributed by atoms with Gasteiger partial charge in [0.05, 0.1) is 12.6 Å². The number of benzene rings is 1. The third kappa shape index (κ3) is 2.36. The van der Waals surface area contributed by atoms with Crippen molar-refractivity contribution < 1.29 is 4.74 Å². The predicted molar refractivity (Wildman–Crippen MR) is 78.2 cm³/mol. The Labute approximate surface area is 112 Å². The fourth-order valence-electron chi connectivity index (χ4n) is 2.53. The largest absolute Gasteiger partial charge is 0.495 e. The molecule has 0 radical (unpaired) electrons. The molecule has 0 spiro atoms. The number of rotatable bonds is 4. The first-order chi connectivity index (χ1) is 9.10. The number of ether oxygens (including phenoxy) is 1. The standard InChI is InChI=1S/C15H20N2O2/c1-9-5-6-12(19-4)14-13(9)10(2)11(7-8-16-3)15(18)17-14/h5-6,16H,7-8H2,1-4H3,(H,17,18). The monoisotopic (exact) mass is 260 g/mol. The van der Waals surface area contributed by atoms with Gasteiger partial charge in [0, 0.05) is 10.9 Å². The van der Waals surface area contributed by atoms with Crippen LogP contribution in [0.5, 0.6) is 5.75 Å². The van der Waals surface area contributed by atoms with Crippen LogP contribution < -0.4 is 15.6 Å². The summed E-state index contributed by atoms with van der Waals surface area (Å²) in [6, 6.07) is 3.91. The Morgan fingerprint density at radius 3 is 2.68 bits per heavy atom. The summed E-state index contributed by atoms with van der Waals surface area (Å²) in [6.07, 6.45) is 0.726. The Hall–Kier alpha value is -1.81. The number of H-pyrrole nitrogens is 1. The molecule has 0 bridgehead atoms. The molecule has 2 N–H and O–H groups in total. The minimum absolute atomic E-state index is 0.0239. The third-order valence-corrected chi connectivity index (χ3v) is 3.56. The molecular formula is C15H20N2O2. The average Bonchev–Trinajstić information content (AvgIpc) is 2.38. The van der Waals surface area contributed by atoms with E-state index >= 15 is 0 Å². The molecule has 0 saturated heterocycles. The lowest BCUT2D eigenvalue weighted by molar-refractivity contribution is 0.418. The zero-order valence-corrected chi connectivity index (χ0v) is 11.9. The second kappa shape index (κ2) is 5.45. The summed E-state index contributed by atoms with van der Waals surface area (Å²) in [5, 5.41) is 4.17. The molecule has 2 aromatic rings. The summed E-state index contributed by atoms with van der Waals surface area (Å²) >= 11 is 0. The Bertz CT molecular complexity index is 659. The van der Waals surface area contributed by atoms with Gasteiger partial charge < -0.3 is 15.0 Å². The van der Waals surface area contributed by atoms with Crippen molar-refractivity contribution in [3.05, 3.63) is 39.2 Å². The summed E-state index contributed by atoms with van der Waals surface area (Å²) in [6.45, 7) is 4.85. The number of fused-ring (bicyclic) bond motifs is 1. The molecule has 0 aliphatic heterocycles. The van der Waals surface area contributed by atoms with E-state index < -0.39 is 0 Å². The minimum atomic E-state index is -0.0239. The molecule has 0 saturated carbocycles. The van der Waals surface area contributed by atoms with E-state index in [1.807, 2.05) is 26.1 Å². The Kier molecular flexibility index (Phi) is 3.90. The molecule has 0 unspecified atom stereocenters. The molecule has 0 atom stereocenters. The van der Waals surface area contributed by atoms with Gasteiger partial charge in [0.15, 0.2) is 0 Å². The predicted octanol–water partition coefficient (Wildman–Crippen LogP) is 1.92. The number of aromatic nitrogens is 1. The van der Waals surface area contributed by atoms with Crippen molar-refractivity contribution >= 4 is 10.9 Å². The third-order valence-electron chi connectivity index (χ3n) is 3.56. The molecule has 0 aliphatic rings. The van der Waals surface area contributed by atoms with Gasteiger partial charge in [-0.1, -0.05) is 6.07 Å². The molecule has 19 heavy (non-hydrogen) atoms. The van der Waals surface area contributed by atoms with Crippen LogP contribution in [-0.2, 0) is 6.42 Å². The van der Waals surface area contributed by atoms with Crippen LogP contribution in [0.2, 0.25) is 0 Å². The average molecular weight is 260 g/mol. The fraction of sp³-hybridized carbons (Fsp3) is 0.400. The number of hydrogen-bond donors (Lipinski definition) is 2. The Balaban J connectivity index is 2.76. The van der Waals surface area contributed by atoms with Crippen molar-refractivity contribution in [3.63, 3.8) is 0 Å². The van der Waals surface area contributed by atoms with Crippen molar-refractivity contribution in [2.75, 3.05) is 20.7 Å². The quantitative estimate of drug-likeness (QED) is 0.883. The molecule has 1 aromatic heterocycles. The van der Waals surface area contributed by atoms with Crippen molar-refractivity contribution in [3.8, 4) is 5.75 Å². The van der Waals surface area contributed by atoms with Crippen LogP contribution in [0, 0.1) is 13.8 Å². The SMILES string of the molecule is CNCCc1c(C)c2c(C)ccc(OC)c2[nH]c1=O. The normalized spacial score (nSPS) is 10.9. The van der Waals surface area contributed by atoms with Gasteiger partial charge in [0.1, 0.15) is 5.75 Å². The second-order valence-electron chi connectivity index (χ2n) is 4.75. The van der Waals surface area contributed by atoms with E-state index in [1.54, 1.807) is 7.11 Å². The molecular weight excluding hydrogens is 240 g/mol. The number of hydrogen-bond acceptors (Lipinski definition) is 3. The zero-order chi connectivity index (χ0) is 14.0. The van der Waals surface area contributed by atoms with Crippen LogP contribution in [0.4, 0.5) is 0 Å². The maximum atomic E-state index is 12.2. The lowest BCUT2D eigenvalue weighted by Gasteiger charge is -2.13. The van der Waals surface area contributed by atoms with Crippen LogP contribution in [0.15, 0.2) is 16.9 Å². The van der Waals surface area contributed by atoms with E-state index in [9.17, 15) is 4.79 Å².